The fourth-order valence-corrected chi connectivity index (χ4v) is 2.45. The third kappa shape index (κ3) is 4.40. The lowest BCUT2D eigenvalue weighted by molar-refractivity contribution is -0.113. The lowest BCUT2D eigenvalue weighted by atomic mass is 10.3. The standard InChI is InChI=1S/C13H11BrClN3OS/c14-8-1-4-13(17-6-8)20-7-12(19)18-11-5-9(16)2-3-10(11)15/h1-6H,7,16H2,(H,18,19). The number of pyridine rings is 1. The third-order valence-corrected chi connectivity index (χ3v) is 4.06. The van der Waals surface area contributed by atoms with Crippen LogP contribution in [0.5, 0.6) is 0 Å². The van der Waals surface area contributed by atoms with Crippen molar-refractivity contribution in [2.24, 2.45) is 0 Å². The van der Waals surface area contributed by atoms with Crippen LogP contribution in [0, 0.1) is 0 Å². The summed E-state index contributed by atoms with van der Waals surface area (Å²) in [4.78, 5) is 16.0. The van der Waals surface area contributed by atoms with Gasteiger partial charge in [-0.15, -0.1) is 0 Å². The third-order valence-electron chi connectivity index (χ3n) is 2.32. The average molecular weight is 373 g/mol. The highest BCUT2D eigenvalue weighted by molar-refractivity contribution is 9.10. The minimum atomic E-state index is -0.160. The summed E-state index contributed by atoms with van der Waals surface area (Å²) in [7, 11) is 0. The van der Waals surface area contributed by atoms with Gasteiger partial charge in [0.25, 0.3) is 0 Å². The molecule has 1 amide bonds. The molecule has 0 aliphatic carbocycles. The van der Waals surface area contributed by atoms with Crippen molar-refractivity contribution in [3.05, 3.63) is 46.0 Å². The number of anilines is 2. The molecule has 0 saturated heterocycles. The number of amides is 1. The van der Waals surface area contributed by atoms with E-state index in [-0.39, 0.29) is 11.7 Å². The van der Waals surface area contributed by atoms with Crippen LogP contribution in [-0.4, -0.2) is 16.6 Å². The SMILES string of the molecule is Nc1ccc(Cl)c(NC(=O)CSc2ccc(Br)cn2)c1. The molecule has 0 aliphatic heterocycles. The summed E-state index contributed by atoms with van der Waals surface area (Å²) in [5.74, 6) is 0.0898. The Bertz CT molecular complexity index is 622. The smallest absolute Gasteiger partial charge is 0.234 e. The zero-order valence-electron chi connectivity index (χ0n) is 10.3. The van der Waals surface area contributed by atoms with Crippen LogP contribution in [-0.2, 0) is 4.79 Å². The van der Waals surface area contributed by atoms with Gasteiger partial charge in [-0.3, -0.25) is 4.79 Å². The molecule has 3 N–H and O–H groups in total. The molecule has 0 saturated carbocycles. The second-order valence-corrected chi connectivity index (χ2v) is 6.21. The zero-order valence-corrected chi connectivity index (χ0v) is 13.4. The van der Waals surface area contributed by atoms with Crippen LogP contribution in [0.1, 0.15) is 0 Å². The largest absolute Gasteiger partial charge is 0.399 e. The number of nitrogens with one attached hydrogen (secondary N) is 1. The van der Waals surface area contributed by atoms with E-state index in [0.717, 1.165) is 9.50 Å². The molecule has 1 heterocycles. The van der Waals surface area contributed by atoms with Gasteiger partial charge in [0.1, 0.15) is 0 Å². The predicted molar refractivity (Wildman–Crippen MR) is 87.2 cm³/mol. The molecule has 1 aromatic heterocycles. The van der Waals surface area contributed by atoms with E-state index in [1.807, 2.05) is 12.1 Å². The van der Waals surface area contributed by atoms with Gasteiger partial charge in [0.05, 0.1) is 21.5 Å². The molecular weight excluding hydrogens is 362 g/mol. The highest BCUT2D eigenvalue weighted by Gasteiger charge is 2.07. The summed E-state index contributed by atoms with van der Waals surface area (Å²) in [5.41, 5.74) is 6.72. The summed E-state index contributed by atoms with van der Waals surface area (Å²) in [6.45, 7) is 0. The number of nitrogens with two attached hydrogens (primary N) is 1. The van der Waals surface area contributed by atoms with Crippen LogP contribution < -0.4 is 11.1 Å². The first-order chi connectivity index (χ1) is 9.54. The number of benzene rings is 1. The molecular formula is C13H11BrClN3OS. The number of nitrogen functional groups attached to an aromatic ring is 1. The van der Waals surface area contributed by atoms with Gasteiger partial charge in [0, 0.05) is 16.4 Å². The lowest BCUT2D eigenvalue weighted by Crippen LogP contribution is -2.14. The van der Waals surface area contributed by atoms with Gasteiger partial charge < -0.3 is 11.1 Å². The van der Waals surface area contributed by atoms with E-state index >= 15 is 0 Å². The molecule has 0 unspecified atom stereocenters. The van der Waals surface area contributed by atoms with E-state index in [0.29, 0.717) is 16.4 Å². The molecule has 2 aromatic rings. The van der Waals surface area contributed by atoms with Crippen LogP contribution in [0.2, 0.25) is 5.02 Å². The van der Waals surface area contributed by atoms with Crippen LogP contribution in [0.15, 0.2) is 46.0 Å². The van der Waals surface area contributed by atoms with Crippen molar-refractivity contribution >= 4 is 56.6 Å². The minimum absolute atomic E-state index is 0.160. The number of halogens is 2. The van der Waals surface area contributed by atoms with Crippen molar-refractivity contribution in [2.75, 3.05) is 16.8 Å². The van der Waals surface area contributed by atoms with Gasteiger partial charge in [0.2, 0.25) is 5.91 Å². The Hall–Kier alpha value is -1.24. The molecule has 0 fully saturated rings. The molecule has 0 radical (unpaired) electrons. The Kier molecular flexibility index (Phi) is 5.28. The highest BCUT2D eigenvalue weighted by atomic mass is 79.9. The van der Waals surface area contributed by atoms with Crippen molar-refractivity contribution in [1.82, 2.24) is 4.98 Å². The fourth-order valence-electron chi connectivity index (χ4n) is 1.41. The molecule has 0 atom stereocenters. The van der Waals surface area contributed by atoms with E-state index in [1.165, 1.54) is 11.8 Å². The molecule has 0 aliphatic rings. The van der Waals surface area contributed by atoms with Crippen molar-refractivity contribution in [3.63, 3.8) is 0 Å². The topological polar surface area (TPSA) is 68.0 Å². The number of aromatic nitrogens is 1. The summed E-state index contributed by atoms with van der Waals surface area (Å²) < 4.78 is 0.901. The normalized spacial score (nSPS) is 10.3. The number of hydrogen-bond donors (Lipinski definition) is 2. The molecule has 0 bridgehead atoms. The van der Waals surface area contributed by atoms with Crippen LogP contribution in [0.3, 0.4) is 0 Å². The van der Waals surface area contributed by atoms with E-state index in [1.54, 1.807) is 24.4 Å². The number of carbonyl (C=O) groups excluding carboxylic acids is 1. The Morgan fingerprint density at radius 2 is 2.20 bits per heavy atom. The van der Waals surface area contributed by atoms with E-state index < -0.39 is 0 Å². The minimum Gasteiger partial charge on any atom is -0.399 e. The maximum atomic E-state index is 11.8. The highest BCUT2D eigenvalue weighted by Crippen LogP contribution is 2.24. The first kappa shape index (κ1) is 15.2. The predicted octanol–water partition coefficient (Wildman–Crippen LogP) is 3.81. The first-order valence-corrected chi connectivity index (χ1v) is 7.79. The van der Waals surface area contributed by atoms with Crippen molar-refractivity contribution < 1.29 is 4.79 Å². The Morgan fingerprint density at radius 3 is 2.90 bits per heavy atom. The second-order valence-electron chi connectivity index (χ2n) is 3.89. The fraction of sp³-hybridized carbons (Fsp3) is 0.0769. The van der Waals surface area contributed by atoms with Gasteiger partial charge in [-0.25, -0.2) is 4.98 Å². The molecule has 20 heavy (non-hydrogen) atoms. The number of hydrogen-bond acceptors (Lipinski definition) is 4. The van der Waals surface area contributed by atoms with E-state index in [4.69, 9.17) is 17.3 Å². The molecule has 4 nitrogen and oxygen atoms in total. The van der Waals surface area contributed by atoms with Gasteiger partial charge >= 0.3 is 0 Å². The average Bonchev–Trinajstić information content (AvgIpc) is 2.42. The number of thioether (sulfide) groups is 1. The monoisotopic (exact) mass is 371 g/mol. The van der Waals surface area contributed by atoms with E-state index in [2.05, 4.69) is 26.2 Å². The summed E-state index contributed by atoms with van der Waals surface area (Å²) in [6.07, 6.45) is 1.69. The molecule has 0 spiro atoms. The molecule has 7 heteroatoms. The second kappa shape index (κ2) is 6.97. The Morgan fingerprint density at radius 1 is 1.40 bits per heavy atom. The van der Waals surface area contributed by atoms with E-state index in [9.17, 15) is 4.79 Å². The van der Waals surface area contributed by atoms with Gasteiger partial charge in [-0.1, -0.05) is 23.4 Å². The quantitative estimate of drug-likeness (QED) is 0.632. The van der Waals surface area contributed by atoms with Crippen molar-refractivity contribution in [3.8, 4) is 0 Å². The maximum Gasteiger partial charge on any atom is 0.234 e. The number of nitrogens with zero attached hydrogens (tertiary/aromatic N) is 1. The number of carbonyl (C=O) groups is 1. The zero-order chi connectivity index (χ0) is 14.5. The van der Waals surface area contributed by atoms with Crippen LogP contribution >= 0.6 is 39.3 Å². The van der Waals surface area contributed by atoms with Gasteiger partial charge in [0.15, 0.2) is 0 Å². The van der Waals surface area contributed by atoms with Crippen molar-refractivity contribution in [2.45, 2.75) is 5.03 Å². The van der Waals surface area contributed by atoms with Gasteiger partial charge in [-0.2, -0.15) is 0 Å². The maximum absolute atomic E-state index is 11.8. The summed E-state index contributed by atoms with van der Waals surface area (Å²) in [5, 5.41) is 3.96. The van der Waals surface area contributed by atoms with Crippen LogP contribution in [0.25, 0.3) is 0 Å². The van der Waals surface area contributed by atoms with Crippen LogP contribution in [0.4, 0.5) is 11.4 Å². The lowest BCUT2D eigenvalue weighted by Gasteiger charge is -2.07. The summed E-state index contributed by atoms with van der Waals surface area (Å²) in [6, 6.07) is 8.68. The van der Waals surface area contributed by atoms with Gasteiger partial charge in [-0.05, 0) is 46.3 Å². The molecule has 1 aromatic carbocycles. The molecule has 2 rings (SSSR count). The number of rotatable bonds is 4. The Balaban J connectivity index is 1.92. The first-order valence-electron chi connectivity index (χ1n) is 5.64. The van der Waals surface area contributed by atoms with Crippen molar-refractivity contribution in [1.29, 1.82) is 0 Å². The Labute approximate surface area is 134 Å². The summed E-state index contributed by atoms with van der Waals surface area (Å²) >= 11 is 10.6. The molecule has 104 valence electrons.